The smallest absolute Gasteiger partial charge is 0.325 e. The Morgan fingerprint density at radius 3 is 1.55 bits per heavy atom. The molecule has 64 heavy (non-hydrogen) atoms. The van der Waals surface area contributed by atoms with E-state index in [0.29, 0.717) is 105 Å². The first kappa shape index (κ1) is 52.6. The van der Waals surface area contributed by atoms with E-state index in [4.69, 9.17) is 42.1 Å². The van der Waals surface area contributed by atoms with E-state index < -0.39 is 37.6 Å². The number of piperidine rings is 1. The Kier molecular flexibility index (Phi) is 22.6. The summed E-state index contributed by atoms with van der Waals surface area (Å²) in [6.07, 6.45) is 1.34. The molecule has 0 bridgehead atoms. The fourth-order valence-corrected chi connectivity index (χ4v) is 8.58. The van der Waals surface area contributed by atoms with E-state index in [1.165, 1.54) is 40.7 Å². The number of carbonyl (C=O) groups is 2. The van der Waals surface area contributed by atoms with Gasteiger partial charge in [-0.1, -0.05) is 29.8 Å². The van der Waals surface area contributed by atoms with Crippen LogP contribution in [-0.2, 0) is 62.3 Å². The molecule has 0 aromatic heterocycles. The number of ether oxygens (including phenoxy) is 8. The summed E-state index contributed by atoms with van der Waals surface area (Å²) in [5.41, 5.74) is 1.66. The summed E-state index contributed by atoms with van der Waals surface area (Å²) in [5, 5.41) is 2.50. The molecule has 17 nitrogen and oxygen atoms in total. The van der Waals surface area contributed by atoms with Crippen molar-refractivity contribution in [3.05, 3.63) is 89.5 Å². The van der Waals surface area contributed by atoms with E-state index in [0.717, 1.165) is 16.9 Å². The lowest BCUT2D eigenvalue weighted by atomic mass is 9.90. The van der Waals surface area contributed by atoms with Gasteiger partial charge >= 0.3 is 5.97 Å². The van der Waals surface area contributed by atoms with E-state index in [1.807, 2.05) is 31.2 Å². The minimum atomic E-state index is -3.80. The Bertz CT molecular complexity index is 2030. The second kappa shape index (κ2) is 27.5. The normalized spacial score (nSPS) is 14.1. The number of hydrogen-bond donors (Lipinski definition) is 1. The van der Waals surface area contributed by atoms with Crippen LogP contribution in [0.3, 0.4) is 0 Å². The summed E-state index contributed by atoms with van der Waals surface area (Å²) in [7, 11) is -7.54. The molecular formula is C45H64N2O15S2. The number of hydrogen-bond acceptors (Lipinski definition) is 15. The molecule has 1 amide bonds. The van der Waals surface area contributed by atoms with E-state index in [9.17, 15) is 26.4 Å². The van der Waals surface area contributed by atoms with Crippen LogP contribution in [0.25, 0.3) is 0 Å². The fourth-order valence-electron chi connectivity index (χ4n) is 6.22. The second-order valence-electron chi connectivity index (χ2n) is 15.7. The number of sulfonamides is 1. The van der Waals surface area contributed by atoms with Gasteiger partial charge in [0, 0.05) is 18.7 Å². The minimum absolute atomic E-state index is 0.0766. The molecule has 1 aliphatic heterocycles. The third-order valence-electron chi connectivity index (χ3n) is 9.51. The van der Waals surface area contributed by atoms with Crippen LogP contribution in [0.5, 0.6) is 5.75 Å². The molecule has 356 valence electrons. The molecule has 1 fully saturated rings. The molecule has 4 rings (SSSR count). The van der Waals surface area contributed by atoms with Crippen molar-refractivity contribution in [3.63, 3.8) is 0 Å². The summed E-state index contributed by atoms with van der Waals surface area (Å²) < 4.78 is 101. The predicted octanol–water partition coefficient (Wildman–Crippen LogP) is 4.52. The van der Waals surface area contributed by atoms with E-state index in [2.05, 4.69) is 5.32 Å². The molecule has 1 N–H and O–H groups in total. The van der Waals surface area contributed by atoms with E-state index in [1.54, 1.807) is 32.9 Å². The zero-order valence-electron chi connectivity index (χ0n) is 37.3. The van der Waals surface area contributed by atoms with Gasteiger partial charge in [0.15, 0.2) is 0 Å². The summed E-state index contributed by atoms with van der Waals surface area (Å²) in [4.78, 5) is 24.6. The molecule has 0 saturated carbocycles. The molecule has 1 saturated heterocycles. The van der Waals surface area contributed by atoms with Gasteiger partial charge < -0.3 is 43.2 Å². The average Bonchev–Trinajstić information content (AvgIpc) is 3.27. The minimum Gasteiger partial charge on any atom is -0.491 e. The standard InChI is InChI=1S/C45H64N2O15S2/c1-36-5-13-42(14-6-36)64(52,53)61-34-32-59-30-28-57-26-24-55-22-21-54-23-25-56-27-29-58-31-33-60-40-11-7-37(8-12-40)38-17-19-47(20-18-38)63(50,51)41-15-9-39(10-16-41)44(49)46-35-43(48)62-45(2,3)4/h5-16,38H,17-35H2,1-4H3,(H,46,49). The Labute approximate surface area is 378 Å². The van der Waals surface area contributed by atoms with Crippen molar-refractivity contribution in [2.24, 2.45) is 0 Å². The first-order chi connectivity index (χ1) is 30.6. The number of nitrogens with zero attached hydrogens (tertiary/aromatic N) is 1. The number of carbonyl (C=O) groups excluding carboxylic acids is 2. The van der Waals surface area contributed by atoms with Gasteiger partial charge in [-0.3, -0.25) is 13.8 Å². The van der Waals surface area contributed by atoms with Crippen molar-refractivity contribution in [3.8, 4) is 5.75 Å². The van der Waals surface area contributed by atoms with Crippen LogP contribution >= 0.6 is 0 Å². The molecule has 3 aromatic rings. The molecule has 0 atom stereocenters. The van der Waals surface area contributed by atoms with Crippen LogP contribution in [-0.4, -0.2) is 151 Å². The van der Waals surface area contributed by atoms with Crippen molar-refractivity contribution in [1.29, 1.82) is 0 Å². The highest BCUT2D eigenvalue weighted by atomic mass is 32.2. The third kappa shape index (κ3) is 19.6. The van der Waals surface area contributed by atoms with Crippen molar-refractivity contribution < 1.29 is 68.5 Å². The SMILES string of the molecule is Cc1ccc(S(=O)(=O)OCCOCCOCCOCCOCCOCCOCCOc2ccc(C3CCN(S(=O)(=O)c4ccc(C(=O)NCC(=O)OC(C)(C)C)cc4)CC3)cc2)cc1. The average molecular weight is 937 g/mol. The van der Waals surface area contributed by atoms with Crippen LogP contribution in [0.15, 0.2) is 82.6 Å². The summed E-state index contributed by atoms with van der Waals surface area (Å²) >= 11 is 0. The molecule has 0 aliphatic carbocycles. The third-order valence-corrected chi connectivity index (χ3v) is 12.7. The number of aryl methyl sites for hydroxylation is 1. The van der Waals surface area contributed by atoms with Gasteiger partial charge in [0.05, 0.1) is 95.7 Å². The zero-order chi connectivity index (χ0) is 46.3. The maximum atomic E-state index is 13.4. The summed E-state index contributed by atoms with van der Waals surface area (Å²) in [5.74, 6) is -0.129. The molecular weight excluding hydrogens is 873 g/mol. The summed E-state index contributed by atoms with van der Waals surface area (Å²) in [6.45, 7) is 12.4. The predicted molar refractivity (Wildman–Crippen MR) is 237 cm³/mol. The number of benzene rings is 3. The topological polar surface area (TPSA) is 201 Å². The molecule has 19 heteroatoms. The van der Waals surface area contributed by atoms with Crippen LogP contribution in [0.2, 0.25) is 0 Å². The largest absolute Gasteiger partial charge is 0.491 e. The quantitative estimate of drug-likeness (QED) is 0.0556. The Hall–Kier alpha value is -4.02. The van der Waals surface area contributed by atoms with Gasteiger partial charge in [-0.15, -0.1) is 0 Å². The van der Waals surface area contributed by atoms with E-state index >= 15 is 0 Å². The maximum absolute atomic E-state index is 13.4. The lowest BCUT2D eigenvalue weighted by Crippen LogP contribution is -2.38. The highest BCUT2D eigenvalue weighted by molar-refractivity contribution is 7.89. The van der Waals surface area contributed by atoms with Crippen LogP contribution in [0.1, 0.15) is 61.0 Å². The van der Waals surface area contributed by atoms with Crippen molar-refractivity contribution in [2.75, 3.05) is 112 Å². The number of amides is 1. The summed E-state index contributed by atoms with van der Waals surface area (Å²) in [6, 6.07) is 20.0. The number of rotatable bonds is 30. The van der Waals surface area contributed by atoms with Gasteiger partial charge in [-0.2, -0.15) is 12.7 Å². The van der Waals surface area contributed by atoms with Crippen molar-refractivity contribution >= 4 is 32.0 Å². The van der Waals surface area contributed by atoms with E-state index in [-0.39, 0.29) is 41.0 Å². The molecule has 0 radical (unpaired) electrons. The Morgan fingerprint density at radius 1 is 0.609 bits per heavy atom. The Balaban J connectivity index is 0.932. The molecule has 1 heterocycles. The molecule has 0 spiro atoms. The zero-order valence-corrected chi connectivity index (χ0v) is 39.0. The van der Waals surface area contributed by atoms with Gasteiger partial charge in [0.25, 0.3) is 16.0 Å². The van der Waals surface area contributed by atoms with Gasteiger partial charge in [0.2, 0.25) is 10.0 Å². The highest BCUT2D eigenvalue weighted by Crippen LogP contribution is 2.32. The maximum Gasteiger partial charge on any atom is 0.325 e. The Morgan fingerprint density at radius 2 is 1.06 bits per heavy atom. The van der Waals surface area contributed by atoms with Crippen LogP contribution < -0.4 is 10.1 Å². The van der Waals surface area contributed by atoms with Gasteiger partial charge in [-0.05, 0) is 101 Å². The highest BCUT2D eigenvalue weighted by Gasteiger charge is 2.30. The lowest BCUT2D eigenvalue weighted by Gasteiger charge is -2.31. The molecule has 3 aromatic carbocycles. The molecule has 1 aliphatic rings. The van der Waals surface area contributed by atoms with Gasteiger partial charge in [0.1, 0.15) is 24.5 Å². The lowest BCUT2D eigenvalue weighted by molar-refractivity contribution is -0.153. The van der Waals surface area contributed by atoms with Crippen molar-refractivity contribution in [2.45, 2.75) is 61.8 Å². The second-order valence-corrected chi connectivity index (χ2v) is 19.2. The number of nitrogens with one attached hydrogen (secondary N) is 1. The molecule has 0 unspecified atom stereocenters. The fraction of sp³-hybridized carbons (Fsp3) is 0.556. The first-order valence-corrected chi connectivity index (χ1v) is 24.2. The monoisotopic (exact) mass is 936 g/mol. The number of esters is 1. The van der Waals surface area contributed by atoms with Gasteiger partial charge in [-0.25, -0.2) is 8.42 Å². The van der Waals surface area contributed by atoms with Crippen molar-refractivity contribution in [1.82, 2.24) is 9.62 Å². The van der Waals surface area contributed by atoms with Crippen LogP contribution in [0, 0.1) is 6.92 Å². The van der Waals surface area contributed by atoms with Crippen LogP contribution in [0.4, 0.5) is 0 Å². The first-order valence-electron chi connectivity index (χ1n) is 21.4.